The summed E-state index contributed by atoms with van der Waals surface area (Å²) in [6, 6.07) is 11.7. The van der Waals surface area contributed by atoms with Crippen molar-refractivity contribution in [2.45, 2.75) is 45.6 Å². The zero-order valence-electron chi connectivity index (χ0n) is 12.8. The minimum Gasteiger partial charge on any atom is -0.309 e. The van der Waals surface area contributed by atoms with Crippen molar-refractivity contribution in [2.75, 3.05) is 7.05 Å². The molecule has 0 amide bonds. The molecule has 108 valence electrons. The average molecular weight is 287 g/mol. The van der Waals surface area contributed by atoms with Crippen molar-refractivity contribution in [3.05, 3.63) is 57.3 Å². The van der Waals surface area contributed by atoms with Gasteiger partial charge in [0.15, 0.2) is 0 Å². The Labute approximate surface area is 127 Å². The highest BCUT2D eigenvalue weighted by Crippen LogP contribution is 2.30. The highest BCUT2D eigenvalue weighted by Gasteiger charge is 2.16. The van der Waals surface area contributed by atoms with Crippen LogP contribution in [-0.2, 0) is 12.8 Å². The van der Waals surface area contributed by atoms with Gasteiger partial charge >= 0.3 is 0 Å². The van der Waals surface area contributed by atoms with Gasteiger partial charge in [0.25, 0.3) is 0 Å². The summed E-state index contributed by atoms with van der Waals surface area (Å²) in [7, 11) is 2.05. The predicted octanol–water partition coefficient (Wildman–Crippen LogP) is 4.96. The number of unbranched alkanes of at least 4 members (excludes halogenated alkanes) is 1. The Morgan fingerprint density at radius 3 is 2.45 bits per heavy atom. The van der Waals surface area contributed by atoms with E-state index in [2.05, 4.69) is 61.9 Å². The lowest BCUT2D eigenvalue weighted by molar-refractivity contribution is 0.696. The van der Waals surface area contributed by atoms with Gasteiger partial charge in [0.05, 0.1) is 6.04 Å². The number of hydrogen-bond acceptors (Lipinski definition) is 2. The van der Waals surface area contributed by atoms with Gasteiger partial charge in [-0.2, -0.15) is 0 Å². The van der Waals surface area contributed by atoms with Crippen LogP contribution in [0.1, 0.15) is 54.3 Å². The van der Waals surface area contributed by atoms with Crippen molar-refractivity contribution >= 4 is 11.3 Å². The molecule has 0 aliphatic rings. The van der Waals surface area contributed by atoms with Gasteiger partial charge in [0.2, 0.25) is 0 Å². The van der Waals surface area contributed by atoms with Gasteiger partial charge in [-0.1, -0.05) is 44.5 Å². The van der Waals surface area contributed by atoms with E-state index in [9.17, 15) is 0 Å². The largest absolute Gasteiger partial charge is 0.309 e. The zero-order chi connectivity index (χ0) is 14.4. The molecule has 20 heavy (non-hydrogen) atoms. The lowest BCUT2D eigenvalue weighted by Crippen LogP contribution is -2.17. The van der Waals surface area contributed by atoms with E-state index in [0.29, 0.717) is 6.04 Å². The second-order valence-corrected chi connectivity index (χ2v) is 6.18. The Morgan fingerprint density at radius 2 is 1.85 bits per heavy atom. The summed E-state index contributed by atoms with van der Waals surface area (Å²) in [5.41, 5.74) is 4.28. The first kappa shape index (κ1) is 15.3. The molecule has 0 aliphatic heterocycles. The van der Waals surface area contributed by atoms with Crippen molar-refractivity contribution in [2.24, 2.45) is 0 Å². The molecule has 0 bridgehead atoms. The van der Waals surface area contributed by atoms with Crippen LogP contribution in [0.5, 0.6) is 0 Å². The first-order chi connectivity index (χ1) is 9.80. The van der Waals surface area contributed by atoms with E-state index in [1.807, 2.05) is 11.3 Å². The molecule has 0 radical (unpaired) electrons. The van der Waals surface area contributed by atoms with E-state index < -0.39 is 0 Å². The summed E-state index contributed by atoms with van der Waals surface area (Å²) in [6.45, 7) is 4.47. The maximum Gasteiger partial charge on any atom is 0.0671 e. The number of aryl methyl sites for hydroxylation is 2. The van der Waals surface area contributed by atoms with Crippen LogP contribution in [0.3, 0.4) is 0 Å². The molecule has 1 atom stereocenters. The number of rotatable bonds is 7. The molecule has 1 nitrogen and oxygen atoms in total. The van der Waals surface area contributed by atoms with E-state index >= 15 is 0 Å². The van der Waals surface area contributed by atoms with Gasteiger partial charge in [-0.15, -0.1) is 11.3 Å². The first-order valence-corrected chi connectivity index (χ1v) is 8.50. The molecule has 2 heteroatoms. The Bertz CT molecular complexity index is 512. The average Bonchev–Trinajstić information content (AvgIpc) is 2.95. The maximum atomic E-state index is 3.47. The SMILES string of the molecule is CCCCc1ccc(C(NC)c2sccc2CC)cc1. The summed E-state index contributed by atoms with van der Waals surface area (Å²) in [5.74, 6) is 0. The minimum atomic E-state index is 0.324. The van der Waals surface area contributed by atoms with Crippen molar-refractivity contribution in [3.8, 4) is 0 Å². The number of nitrogens with one attached hydrogen (secondary N) is 1. The number of hydrogen-bond donors (Lipinski definition) is 1. The monoisotopic (exact) mass is 287 g/mol. The molecule has 0 spiro atoms. The molecule has 2 aromatic rings. The third kappa shape index (κ3) is 3.50. The fourth-order valence-electron chi connectivity index (χ4n) is 2.60. The third-order valence-corrected chi connectivity index (χ3v) is 4.87. The van der Waals surface area contributed by atoms with E-state index in [0.717, 1.165) is 6.42 Å². The van der Waals surface area contributed by atoms with Gasteiger partial charge in [-0.05, 0) is 54.4 Å². The van der Waals surface area contributed by atoms with Crippen LogP contribution in [0.15, 0.2) is 35.7 Å². The highest BCUT2D eigenvalue weighted by atomic mass is 32.1. The second kappa shape index (κ2) is 7.61. The molecule has 1 unspecified atom stereocenters. The van der Waals surface area contributed by atoms with Gasteiger partial charge in [-0.3, -0.25) is 0 Å². The third-order valence-electron chi connectivity index (χ3n) is 3.84. The normalized spacial score (nSPS) is 12.6. The van der Waals surface area contributed by atoms with Crippen LogP contribution in [0, 0.1) is 0 Å². The molecule has 1 aromatic heterocycles. The van der Waals surface area contributed by atoms with Crippen molar-refractivity contribution in [1.29, 1.82) is 0 Å². The summed E-state index contributed by atoms with van der Waals surface area (Å²) in [4.78, 5) is 1.45. The minimum absolute atomic E-state index is 0.324. The molecular formula is C18H25NS. The molecular weight excluding hydrogens is 262 g/mol. The van der Waals surface area contributed by atoms with Gasteiger partial charge in [-0.25, -0.2) is 0 Å². The molecule has 0 aliphatic carbocycles. The molecule has 1 N–H and O–H groups in total. The van der Waals surface area contributed by atoms with E-state index in [4.69, 9.17) is 0 Å². The van der Waals surface area contributed by atoms with Crippen LogP contribution in [0.2, 0.25) is 0 Å². The molecule has 0 saturated carbocycles. The number of thiophene rings is 1. The van der Waals surface area contributed by atoms with Gasteiger partial charge in [0, 0.05) is 4.88 Å². The van der Waals surface area contributed by atoms with Crippen LogP contribution >= 0.6 is 11.3 Å². The first-order valence-electron chi connectivity index (χ1n) is 7.62. The van der Waals surface area contributed by atoms with Crippen LogP contribution in [-0.4, -0.2) is 7.05 Å². The van der Waals surface area contributed by atoms with Crippen LogP contribution < -0.4 is 5.32 Å². The zero-order valence-corrected chi connectivity index (χ0v) is 13.6. The quantitative estimate of drug-likeness (QED) is 0.758. The summed E-state index contributed by atoms with van der Waals surface area (Å²) >= 11 is 1.86. The van der Waals surface area contributed by atoms with E-state index in [1.165, 1.54) is 40.8 Å². The fraction of sp³-hybridized carbons (Fsp3) is 0.444. The summed E-state index contributed by atoms with van der Waals surface area (Å²) < 4.78 is 0. The van der Waals surface area contributed by atoms with Crippen molar-refractivity contribution < 1.29 is 0 Å². The fourth-order valence-corrected chi connectivity index (χ4v) is 3.73. The molecule has 1 heterocycles. The van der Waals surface area contributed by atoms with E-state index in [1.54, 1.807) is 0 Å². The van der Waals surface area contributed by atoms with Gasteiger partial charge < -0.3 is 5.32 Å². The highest BCUT2D eigenvalue weighted by molar-refractivity contribution is 7.10. The molecule has 0 fully saturated rings. The smallest absolute Gasteiger partial charge is 0.0671 e. The maximum absolute atomic E-state index is 3.47. The molecule has 2 rings (SSSR count). The number of benzene rings is 1. The van der Waals surface area contributed by atoms with Crippen LogP contribution in [0.4, 0.5) is 0 Å². The Hall–Kier alpha value is -1.12. The Kier molecular flexibility index (Phi) is 5.81. The molecule has 1 aromatic carbocycles. The second-order valence-electron chi connectivity index (χ2n) is 5.23. The topological polar surface area (TPSA) is 12.0 Å². The lowest BCUT2D eigenvalue weighted by Gasteiger charge is -2.17. The predicted molar refractivity (Wildman–Crippen MR) is 89.7 cm³/mol. The van der Waals surface area contributed by atoms with Crippen molar-refractivity contribution in [1.82, 2.24) is 5.32 Å². The molecule has 0 saturated heterocycles. The summed E-state index contributed by atoms with van der Waals surface area (Å²) in [5, 5.41) is 5.67. The van der Waals surface area contributed by atoms with Crippen molar-refractivity contribution in [3.63, 3.8) is 0 Å². The Morgan fingerprint density at radius 1 is 1.10 bits per heavy atom. The van der Waals surface area contributed by atoms with Gasteiger partial charge in [0.1, 0.15) is 0 Å². The summed E-state index contributed by atoms with van der Waals surface area (Å²) in [6.07, 6.45) is 4.83. The standard InChI is InChI=1S/C18H25NS/c1-4-6-7-14-8-10-16(11-9-14)17(19-3)18-15(5-2)12-13-20-18/h8-13,17,19H,4-7H2,1-3H3. The van der Waals surface area contributed by atoms with Crippen LogP contribution in [0.25, 0.3) is 0 Å². The Balaban J connectivity index is 2.19. The van der Waals surface area contributed by atoms with E-state index in [-0.39, 0.29) is 0 Å². The lowest BCUT2D eigenvalue weighted by atomic mass is 9.99.